The predicted molar refractivity (Wildman–Crippen MR) is 65.7 cm³/mol. The fourth-order valence-corrected chi connectivity index (χ4v) is 3.48. The second kappa shape index (κ2) is 5.64. The van der Waals surface area contributed by atoms with Crippen molar-refractivity contribution in [3.8, 4) is 0 Å². The van der Waals surface area contributed by atoms with Crippen LogP contribution in [0.15, 0.2) is 21.9 Å². The highest BCUT2D eigenvalue weighted by atomic mass is 32.2. The fraction of sp³-hybridized carbons (Fsp3) is 0.364. The van der Waals surface area contributed by atoms with E-state index in [0.29, 0.717) is 12.0 Å². The van der Waals surface area contributed by atoms with Crippen molar-refractivity contribution in [3.63, 3.8) is 0 Å². The van der Waals surface area contributed by atoms with Gasteiger partial charge in [-0.15, -0.1) is 11.8 Å². The van der Waals surface area contributed by atoms with Crippen LogP contribution >= 0.6 is 11.8 Å². The first-order chi connectivity index (χ1) is 7.90. The molecule has 0 amide bonds. The molecule has 0 aromatic heterocycles. The smallest absolute Gasteiger partial charge is 0.176 e. The Morgan fingerprint density at radius 3 is 2.53 bits per heavy atom. The molecule has 1 aromatic carbocycles. The molecule has 0 heterocycles. The highest BCUT2D eigenvalue weighted by molar-refractivity contribution is 7.99. The van der Waals surface area contributed by atoms with Crippen LogP contribution < -0.4 is 0 Å². The lowest BCUT2D eigenvalue weighted by atomic mass is 10.1. The summed E-state index contributed by atoms with van der Waals surface area (Å²) in [4.78, 5) is 10.4. The van der Waals surface area contributed by atoms with E-state index in [1.807, 2.05) is 0 Å². The van der Waals surface area contributed by atoms with Gasteiger partial charge in [-0.25, -0.2) is 12.8 Å². The molecule has 17 heavy (non-hydrogen) atoms. The summed E-state index contributed by atoms with van der Waals surface area (Å²) >= 11 is 1.06. The van der Waals surface area contributed by atoms with E-state index in [1.54, 1.807) is 6.26 Å². The summed E-state index contributed by atoms with van der Waals surface area (Å²) in [6, 6.07) is 2.72. The number of carbonyl (C=O) groups excluding carboxylic acids is 1. The normalized spacial score (nSPS) is 11.5. The number of carbonyl (C=O) groups is 1. The van der Waals surface area contributed by atoms with Crippen LogP contribution in [0.4, 0.5) is 4.39 Å². The largest absolute Gasteiger partial charge is 0.303 e. The first kappa shape index (κ1) is 14.2. The second-order valence-corrected chi connectivity index (χ2v) is 6.39. The minimum atomic E-state index is -3.46. The molecule has 0 aliphatic heterocycles. The molecule has 0 fully saturated rings. The Hall–Kier alpha value is -0.880. The van der Waals surface area contributed by atoms with Crippen molar-refractivity contribution in [1.82, 2.24) is 0 Å². The zero-order valence-electron chi connectivity index (χ0n) is 9.57. The van der Waals surface area contributed by atoms with Gasteiger partial charge in [0, 0.05) is 12.7 Å². The van der Waals surface area contributed by atoms with Gasteiger partial charge in [0.25, 0.3) is 0 Å². The molecule has 3 nitrogen and oxygen atoms in total. The summed E-state index contributed by atoms with van der Waals surface area (Å²) < 4.78 is 36.8. The minimum Gasteiger partial charge on any atom is -0.303 e. The number of aryl methyl sites for hydroxylation is 1. The highest BCUT2D eigenvalue weighted by Gasteiger charge is 2.18. The van der Waals surface area contributed by atoms with Crippen LogP contribution in [-0.4, -0.2) is 27.2 Å². The van der Waals surface area contributed by atoms with E-state index in [-0.39, 0.29) is 16.2 Å². The number of rotatable bonds is 5. The third-order valence-electron chi connectivity index (χ3n) is 2.22. The molecule has 1 rings (SSSR count). The molecule has 0 unspecified atom stereocenters. The quantitative estimate of drug-likeness (QED) is 0.610. The van der Waals surface area contributed by atoms with Gasteiger partial charge < -0.3 is 4.79 Å². The zero-order valence-corrected chi connectivity index (χ0v) is 11.2. The molecule has 0 saturated carbocycles. The minimum absolute atomic E-state index is 0.00843. The Labute approximate surface area is 104 Å². The molecule has 0 atom stereocenters. The van der Waals surface area contributed by atoms with Crippen LogP contribution in [0.5, 0.6) is 0 Å². The maximum atomic E-state index is 13.7. The number of thioether (sulfide) groups is 1. The molecule has 0 bridgehead atoms. The summed E-state index contributed by atoms with van der Waals surface area (Å²) in [5, 5.41) is 0. The number of sulfone groups is 1. The summed E-state index contributed by atoms with van der Waals surface area (Å²) in [6.45, 7) is 0. The maximum absolute atomic E-state index is 13.7. The lowest BCUT2D eigenvalue weighted by Gasteiger charge is -2.09. The average molecular weight is 276 g/mol. The lowest BCUT2D eigenvalue weighted by molar-refractivity contribution is -0.107. The van der Waals surface area contributed by atoms with E-state index < -0.39 is 15.7 Å². The first-order valence-electron chi connectivity index (χ1n) is 4.90. The monoisotopic (exact) mass is 276 g/mol. The topological polar surface area (TPSA) is 51.2 Å². The summed E-state index contributed by atoms with van der Waals surface area (Å²) in [5.74, 6) is -0.554. The van der Waals surface area contributed by atoms with Crippen LogP contribution in [0.3, 0.4) is 0 Å². The van der Waals surface area contributed by atoms with Crippen LogP contribution in [0.2, 0.25) is 0 Å². The number of hydrogen-bond donors (Lipinski definition) is 0. The summed E-state index contributed by atoms with van der Waals surface area (Å²) in [7, 11) is -3.46. The maximum Gasteiger partial charge on any atom is 0.176 e. The SMILES string of the molecule is CSc1c(F)cc(CCC=O)cc1S(C)(=O)=O. The molecular weight excluding hydrogens is 263 g/mol. The van der Waals surface area contributed by atoms with Crippen molar-refractivity contribution in [3.05, 3.63) is 23.5 Å². The van der Waals surface area contributed by atoms with Gasteiger partial charge in [0.15, 0.2) is 9.84 Å². The Bertz CT molecular complexity index is 524. The standard InChI is InChI=1S/C11H13FO3S2/c1-16-11-9(12)6-8(4-3-5-13)7-10(11)17(2,14)15/h5-7H,3-4H2,1-2H3. The van der Waals surface area contributed by atoms with Crippen LogP contribution in [0.1, 0.15) is 12.0 Å². The summed E-state index contributed by atoms with van der Waals surface area (Å²) in [5.41, 5.74) is 0.521. The molecule has 0 spiro atoms. The van der Waals surface area contributed by atoms with Crippen LogP contribution in [0, 0.1) is 5.82 Å². The highest BCUT2D eigenvalue weighted by Crippen LogP contribution is 2.29. The van der Waals surface area contributed by atoms with E-state index >= 15 is 0 Å². The van der Waals surface area contributed by atoms with Crippen molar-refractivity contribution in [2.24, 2.45) is 0 Å². The van der Waals surface area contributed by atoms with Gasteiger partial charge in [-0.05, 0) is 30.4 Å². The predicted octanol–water partition coefficient (Wildman–Crippen LogP) is 2.08. The average Bonchev–Trinajstić information content (AvgIpc) is 2.24. The van der Waals surface area contributed by atoms with Gasteiger partial charge in [-0.2, -0.15) is 0 Å². The van der Waals surface area contributed by atoms with Gasteiger partial charge in [-0.1, -0.05) is 0 Å². The molecule has 0 N–H and O–H groups in total. The molecule has 0 radical (unpaired) electrons. The molecule has 0 aliphatic carbocycles. The Morgan fingerprint density at radius 1 is 1.41 bits per heavy atom. The van der Waals surface area contributed by atoms with Gasteiger partial charge in [0.1, 0.15) is 12.1 Å². The van der Waals surface area contributed by atoms with Crippen molar-refractivity contribution in [2.75, 3.05) is 12.5 Å². The fourth-order valence-electron chi connectivity index (χ4n) is 1.47. The number of halogens is 1. The van der Waals surface area contributed by atoms with Crippen molar-refractivity contribution >= 4 is 27.9 Å². The number of hydrogen-bond acceptors (Lipinski definition) is 4. The molecule has 1 aromatic rings. The summed E-state index contributed by atoms with van der Waals surface area (Å²) in [6.07, 6.45) is 3.99. The van der Waals surface area contributed by atoms with Gasteiger partial charge >= 0.3 is 0 Å². The number of aldehydes is 1. The van der Waals surface area contributed by atoms with E-state index in [4.69, 9.17) is 0 Å². The van der Waals surface area contributed by atoms with Crippen LogP contribution in [-0.2, 0) is 21.1 Å². The van der Waals surface area contributed by atoms with E-state index in [1.165, 1.54) is 12.1 Å². The zero-order chi connectivity index (χ0) is 13.1. The third-order valence-corrected chi connectivity index (χ3v) is 4.30. The molecule has 0 saturated heterocycles. The third kappa shape index (κ3) is 3.54. The van der Waals surface area contributed by atoms with Gasteiger partial charge in [0.05, 0.1) is 9.79 Å². The van der Waals surface area contributed by atoms with E-state index in [2.05, 4.69) is 0 Å². The van der Waals surface area contributed by atoms with Crippen molar-refractivity contribution in [2.45, 2.75) is 22.6 Å². The number of benzene rings is 1. The van der Waals surface area contributed by atoms with Gasteiger partial charge in [0.2, 0.25) is 0 Å². The Balaban J connectivity index is 3.34. The second-order valence-electron chi connectivity index (χ2n) is 3.59. The molecular formula is C11H13FO3S2. The van der Waals surface area contributed by atoms with Crippen molar-refractivity contribution < 1.29 is 17.6 Å². The van der Waals surface area contributed by atoms with Crippen LogP contribution in [0.25, 0.3) is 0 Å². The first-order valence-corrected chi connectivity index (χ1v) is 8.02. The molecule has 6 heteroatoms. The molecule has 0 aliphatic rings. The Morgan fingerprint density at radius 2 is 2.06 bits per heavy atom. The van der Waals surface area contributed by atoms with E-state index in [9.17, 15) is 17.6 Å². The van der Waals surface area contributed by atoms with Gasteiger partial charge in [-0.3, -0.25) is 0 Å². The Kier molecular flexibility index (Phi) is 4.70. The lowest BCUT2D eigenvalue weighted by Crippen LogP contribution is -2.03. The van der Waals surface area contributed by atoms with Crippen molar-refractivity contribution in [1.29, 1.82) is 0 Å². The molecule has 94 valence electrons. The van der Waals surface area contributed by atoms with E-state index in [0.717, 1.165) is 24.3 Å².